The minimum atomic E-state index is -0.0537. The number of ketones is 1. The van der Waals surface area contributed by atoms with Gasteiger partial charge in [0, 0.05) is 17.9 Å². The van der Waals surface area contributed by atoms with Gasteiger partial charge in [0.2, 0.25) is 0 Å². The molecule has 2 heteroatoms. The number of aryl methyl sites for hydroxylation is 2. The Kier molecular flexibility index (Phi) is 4.33. The second-order valence-corrected chi connectivity index (χ2v) is 6.32. The number of benzene rings is 2. The van der Waals surface area contributed by atoms with Gasteiger partial charge in [0.1, 0.15) is 5.75 Å². The van der Waals surface area contributed by atoms with Gasteiger partial charge in [-0.25, -0.2) is 0 Å². The summed E-state index contributed by atoms with van der Waals surface area (Å²) in [5.74, 6) is 0.528. The zero-order valence-electron chi connectivity index (χ0n) is 13.7. The first-order valence-electron chi connectivity index (χ1n) is 8.16. The van der Waals surface area contributed by atoms with Crippen LogP contribution in [-0.4, -0.2) is 10.9 Å². The van der Waals surface area contributed by atoms with Gasteiger partial charge in [0.25, 0.3) is 0 Å². The van der Waals surface area contributed by atoms with E-state index in [2.05, 4.69) is 18.2 Å². The standard InChI is InChI=1S/C21H22O2/c1-14-12-17(13-15(2)21(14)23)20(16-8-4-3-5-9-16)18-10-6-7-11-19(18)22/h3-5,8-10,12-13,20,23H,6-7,11H2,1-2H3/t20-/m0/s1. The predicted octanol–water partition coefficient (Wildman–Crippen LogP) is 4.82. The highest BCUT2D eigenvalue weighted by Crippen LogP contribution is 2.37. The van der Waals surface area contributed by atoms with Crippen LogP contribution in [0.5, 0.6) is 5.75 Å². The van der Waals surface area contributed by atoms with E-state index in [1.807, 2.05) is 44.2 Å². The SMILES string of the molecule is Cc1cc([C@@H](C2=CCCCC2=O)c2ccccc2)cc(C)c1O. The minimum Gasteiger partial charge on any atom is -0.507 e. The van der Waals surface area contributed by atoms with Crippen molar-refractivity contribution in [3.8, 4) is 5.75 Å². The maximum absolute atomic E-state index is 12.5. The molecule has 1 N–H and O–H groups in total. The van der Waals surface area contributed by atoms with Crippen LogP contribution in [0.25, 0.3) is 0 Å². The summed E-state index contributed by atoms with van der Waals surface area (Å²) in [5.41, 5.74) is 4.80. The summed E-state index contributed by atoms with van der Waals surface area (Å²) in [5, 5.41) is 10.1. The summed E-state index contributed by atoms with van der Waals surface area (Å²) in [6.45, 7) is 3.82. The highest BCUT2D eigenvalue weighted by Gasteiger charge is 2.26. The molecule has 118 valence electrons. The van der Waals surface area contributed by atoms with E-state index in [0.717, 1.165) is 40.7 Å². The third-order valence-corrected chi connectivity index (χ3v) is 4.58. The van der Waals surface area contributed by atoms with Crippen molar-refractivity contribution in [2.24, 2.45) is 0 Å². The zero-order chi connectivity index (χ0) is 16.4. The van der Waals surface area contributed by atoms with E-state index < -0.39 is 0 Å². The Morgan fingerprint density at radius 3 is 2.26 bits per heavy atom. The third kappa shape index (κ3) is 3.07. The summed E-state index contributed by atoms with van der Waals surface area (Å²) in [4.78, 5) is 12.5. The van der Waals surface area contributed by atoms with Crippen LogP contribution in [0.15, 0.2) is 54.1 Å². The number of rotatable bonds is 3. The van der Waals surface area contributed by atoms with Crippen molar-refractivity contribution in [1.82, 2.24) is 0 Å². The van der Waals surface area contributed by atoms with Crippen molar-refractivity contribution in [3.63, 3.8) is 0 Å². The molecule has 0 radical (unpaired) electrons. The van der Waals surface area contributed by atoms with Crippen molar-refractivity contribution in [2.75, 3.05) is 0 Å². The zero-order valence-corrected chi connectivity index (χ0v) is 13.7. The molecule has 1 aliphatic carbocycles. The Labute approximate surface area is 137 Å². The molecule has 0 bridgehead atoms. The van der Waals surface area contributed by atoms with Gasteiger partial charge in [-0.05, 0) is 48.9 Å². The first kappa shape index (κ1) is 15.5. The van der Waals surface area contributed by atoms with Gasteiger partial charge in [-0.15, -0.1) is 0 Å². The summed E-state index contributed by atoms with van der Waals surface area (Å²) >= 11 is 0. The second-order valence-electron chi connectivity index (χ2n) is 6.32. The lowest BCUT2D eigenvalue weighted by Gasteiger charge is -2.24. The number of hydrogen-bond acceptors (Lipinski definition) is 2. The molecule has 0 unspecified atom stereocenters. The van der Waals surface area contributed by atoms with Crippen LogP contribution < -0.4 is 0 Å². The van der Waals surface area contributed by atoms with Gasteiger partial charge in [-0.2, -0.15) is 0 Å². The van der Waals surface area contributed by atoms with E-state index in [9.17, 15) is 9.90 Å². The molecule has 23 heavy (non-hydrogen) atoms. The first-order chi connectivity index (χ1) is 11.1. The molecule has 0 saturated carbocycles. The Hall–Kier alpha value is -2.35. The fraction of sp³-hybridized carbons (Fsp3) is 0.286. The quantitative estimate of drug-likeness (QED) is 0.882. The first-order valence-corrected chi connectivity index (χ1v) is 8.16. The number of carbonyl (C=O) groups is 1. The molecule has 2 nitrogen and oxygen atoms in total. The monoisotopic (exact) mass is 306 g/mol. The molecule has 2 aromatic carbocycles. The summed E-state index contributed by atoms with van der Waals surface area (Å²) in [7, 11) is 0. The van der Waals surface area contributed by atoms with E-state index >= 15 is 0 Å². The number of carbonyl (C=O) groups excluding carboxylic acids is 1. The molecule has 0 saturated heterocycles. The van der Waals surface area contributed by atoms with E-state index in [0.29, 0.717) is 12.2 Å². The van der Waals surface area contributed by atoms with Crippen LogP contribution in [0, 0.1) is 13.8 Å². The number of aromatic hydroxyl groups is 1. The highest BCUT2D eigenvalue weighted by molar-refractivity contribution is 5.98. The van der Waals surface area contributed by atoms with Crippen molar-refractivity contribution in [3.05, 3.63) is 76.4 Å². The number of Topliss-reactive ketones (excluding diaryl/α,β-unsaturated/α-hetero) is 1. The third-order valence-electron chi connectivity index (χ3n) is 4.58. The maximum atomic E-state index is 12.5. The number of phenols is 1. The minimum absolute atomic E-state index is 0.0537. The molecule has 0 heterocycles. The fourth-order valence-corrected chi connectivity index (χ4v) is 3.41. The van der Waals surface area contributed by atoms with Crippen molar-refractivity contribution in [1.29, 1.82) is 0 Å². The predicted molar refractivity (Wildman–Crippen MR) is 92.8 cm³/mol. The van der Waals surface area contributed by atoms with Gasteiger partial charge in [-0.3, -0.25) is 4.79 Å². The van der Waals surface area contributed by atoms with Gasteiger partial charge < -0.3 is 5.11 Å². The van der Waals surface area contributed by atoms with Crippen molar-refractivity contribution in [2.45, 2.75) is 39.0 Å². The largest absolute Gasteiger partial charge is 0.507 e. The van der Waals surface area contributed by atoms with Gasteiger partial charge >= 0.3 is 0 Å². The Balaban J connectivity index is 2.17. The molecule has 2 aromatic rings. The number of allylic oxidation sites excluding steroid dienone is 2. The van der Waals surface area contributed by atoms with Crippen molar-refractivity contribution < 1.29 is 9.90 Å². The topological polar surface area (TPSA) is 37.3 Å². The molecule has 0 aromatic heterocycles. The average Bonchev–Trinajstić information content (AvgIpc) is 2.55. The fourth-order valence-electron chi connectivity index (χ4n) is 3.41. The Morgan fingerprint density at radius 1 is 1.00 bits per heavy atom. The number of hydrogen-bond donors (Lipinski definition) is 1. The summed E-state index contributed by atoms with van der Waals surface area (Å²) in [6, 6.07) is 14.2. The molecular weight excluding hydrogens is 284 g/mol. The molecule has 0 spiro atoms. The van der Waals surface area contributed by atoms with Crippen LogP contribution in [-0.2, 0) is 4.79 Å². The molecule has 0 fully saturated rings. The van der Waals surface area contributed by atoms with Crippen LogP contribution in [0.4, 0.5) is 0 Å². The van der Waals surface area contributed by atoms with Crippen LogP contribution >= 0.6 is 0 Å². The van der Waals surface area contributed by atoms with Gasteiger partial charge in [-0.1, -0.05) is 48.5 Å². The van der Waals surface area contributed by atoms with E-state index in [1.54, 1.807) is 0 Å². The van der Waals surface area contributed by atoms with Crippen molar-refractivity contribution >= 4 is 5.78 Å². The van der Waals surface area contributed by atoms with Gasteiger partial charge in [0.15, 0.2) is 5.78 Å². The van der Waals surface area contributed by atoms with E-state index in [4.69, 9.17) is 0 Å². The molecule has 0 amide bonds. The Morgan fingerprint density at radius 2 is 1.65 bits per heavy atom. The molecule has 1 atom stereocenters. The Bertz CT molecular complexity index is 734. The lowest BCUT2D eigenvalue weighted by Crippen LogP contribution is -2.16. The van der Waals surface area contributed by atoms with Crippen LogP contribution in [0.3, 0.4) is 0 Å². The normalized spacial score (nSPS) is 16.1. The van der Waals surface area contributed by atoms with E-state index in [-0.39, 0.29) is 11.7 Å². The molecule has 3 rings (SSSR count). The second kappa shape index (κ2) is 6.41. The summed E-state index contributed by atoms with van der Waals surface area (Å²) in [6.07, 6.45) is 4.63. The molecular formula is C21H22O2. The van der Waals surface area contributed by atoms with Crippen LogP contribution in [0.2, 0.25) is 0 Å². The van der Waals surface area contributed by atoms with Gasteiger partial charge in [0.05, 0.1) is 0 Å². The average molecular weight is 306 g/mol. The lowest BCUT2D eigenvalue weighted by molar-refractivity contribution is -0.116. The molecule has 0 aliphatic heterocycles. The number of phenolic OH excluding ortho intramolecular Hbond substituents is 1. The smallest absolute Gasteiger partial charge is 0.159 e. The summed E-state index contributed by atoms with van der Waals surface area (Å²) < 4.78 is 0. The highest BCUT2D eigenvalue weighted by atomic mass is 16.3. The molecule has 1 aliphatic rings. The van der Waals surface area contributed by atoms with Crippen LogP contribution in [0.1, 0.15) is 47.4 Å². The van der Waals surface area contributed by atoms with E-state index in [1.165, 1.54) is 0 Å². The lowest BCUT2D eigenvalue weighted by atomic mass is 9.79. The maximum Gasteiger partial charge on any atom is 0.159 e.